The van der Waals surface area contributed by atoms with E-state index in [-0.39, 0.29) is 24.2 Å². The molecule has 1 fully saturated rings. The third-order valence-corrected chi connectivity index (χ3v) is 2.74. The lowest BCUT2D eigenvalue weighted by atomic mass is 10.2. The van der Waals surface area contributed by atoms with Crippen LogP contribution < -0.4 is 0 Å². The van der Waals surface area contributed by atoms with Crippen LogP contribution in [-0.4, -0.2) is 62.7 Å². The molecule has 0 bridgehead atoms. The van der Waals surface area contributed by atoms with E-state index in [1.54, 1.807) is 4.90 Å². The van der Waals surface area contributed by atoms with E-state index in [9.17, 15) is 9.59 Å². The molecule has 1 amide bonds. The lowest BCUT2D eigenvalue weighted by Crippen LogP contribution is -2.48. The molecule has 1 N–H and O–H groups in total. The number of amides is 1. The average molecular weight is 254 g/mol. The minimum Gasteiger partial charge on any atom is -0.476 e. The molecule has 1 saturated heterocycles. The van der Waals surface area contributed by atoms with Crippen LogP contribution in [0.15, 0.2) is 6.20 Å². The molecule has 8 heteroatoms. The largest absolute Gasteiger partial charge is 0.476 e. The summed E-state index contributed by atoms with van der Waals surface area (Å²) in [6, 6.07) is 0.0220. The first kappa shape index (κ1) is 12.5. The number of aromatic nitrogens is 3. The fourth-order valence-corrected chi connectivity index (χ4v) is 1.80. The second-order valence-corrected chi connectivity index (χ2v) is 4.12. The van der Waals surface area contributed by atoms with Crippen molar-refractivity contribution in [1.29, 1.82) is 0 Å². The number of aromatic carboxylic acids is 1. The summed E-state index contributed by atoms with van der Waals surface area (Å²) in [6.07, 6.45) is 1.24. The van der Waals surface area contributed by atoms with Gasteiger partial charge in [-0.15, -0.1) is 5.10 Å². The Kier molecular flexibility index (Phi) is 3.56. The molecule has 1 atom stereocenters. The fourth-order valence-electron chi connectivity index (χ4n) is 1.80. The molecule has 0 aliphatic carbocycles. The molecule has 2 rings (SSSR count). The molecule has 0 radical (unpaired) electrons. The van der Waals surface area contributed by atoms with Crippen LogP contribution in [0.2, 0.25) is 0 Å². The van der Waals surface area contributed by atoms with Crippen molar-refractivity contribution < 1.29 is 19.4 Å². The molecular weight excluding hydrogens is 240 g/mol. The summed E-state index contributed by atoms with van der Waals surface area (Å²) in [4.78, 5) is 24.3. The zero-order valence-electron chi connectivity index (χ0n) is 9.94. The van der Waals surface area contributed by atoms with Crippen LogP contribution in [0.25, 0.3) is 0 Å². The number of carbonyl (C=O) groups excluding carboxylic acids is 1. The first-order chi connectivity index (χ1) is 8.58. The van der Waals surface area contributed by atoms with Crippen LogP contribution >= 0.6 is 0 Å². The van der Waals surface area contributed by atoms with Crippen molar-refractivity contribution in [3.8, 4) is 0 Å². The fraction of sp³-hybridized carbons (Fsp3) is 0.600. The second kappa shape index (κ2) is 5.13. The van der Waals surface area contributed by atoms with Crippen LogP contribution in [0.5, 0.6) is 0 Å². The molecule has 1 aliphatic heterocycles. The molecule has 8 nitrogen and oxygen atoms in total. The number of morpholine rings is 1. The maximum atomic E-state index is 12.0. The highest BCUT2D eigenvalue weighted by atomic mass is 16.5. The van der Waals surface area contributed by atoms with Gasteiger partial charge in [0.15, 0.2) is 5.69 Å². The normalized spacial score (nSPS) is 19.8. The molecule has 0 spiro atoms. The van der Waals surface area contributed by atoms with E-state index in [0.29, 0.717) is 19.8 Å². The number of rotatable bonds is 3. The molecule has 98 valence electrons. The van der Waals surface area contributed by atoms with Gasteiger partial charge in [-0.05, 0) is 6.92 Å². The maximum Gasteiger partial charge on any atom is 0.358 e. The Bertz CT molecular complexity index is 458. The second-order valence-electron chi connectivity index (χ2n) is 4.12. The van der Waals surface area contributed by atoms with Crippen LogP contribution in [0, 0.1) is 0 Å². The maximum absolute atomic E-state index is 12.0. The van der Waals surface area contributed by atoms with E-state index in [4.69, 9.17) is 9.84 Å². The highest BCUT2D eigenvalue weighted by molar-refractivity contribution is 5.84. The van der Waals surface area contributed by atoms with Crippen molar-refractivity contribution in [3.63, 3.8) is 0 Å². The zero-order valence-corrected chi connectivity index (χ0v) is 9.94. The average Bonchev–Trinajstić information content (AvgIpc) is 2.78. The van der Waals surface area contributed by atoms with Gasteiger partial charge >= 0.3 is 5.97 Å². The van der Waals surface area contributed by atoms with Crippen molar-refractivity contribution in [3.05, 3.63) is 11.9 Å². The highest BCUT2D eigenvalue weighted by Crippen LogP contribution is 2.07. The minimum atomic E-state index is -1.16. The summed E-state index contributed by atoms with van der Waals surface area (Å²) < 4.78 is 6.47. The molecule has 1 aromatic rings. The third kappa shape index (κ3) is 2.65. The number of carboxylic acid groups (broad SMARTS) is 1. The van der Waals surface area contributed by atoms with Gasteiger partial charge in [-0.3, -0.25) is 4.79 Å². The molecule has 2 heterocycles. The molecular formula is C10H14N4O4. The summed E-state index contributed by atoms with van der Waals surface area (Å²) in [5.41, 5.74) is -0.169. The number of hydrogen-bond donors (Lipinski definition) is 1. The Balaban J connectivity index is 1.99. The number of nitrogens with zero attached hydrogens (tertiary/aromatic N) is 4. The van der Waals surface area contributed by atoms with Crippen LogP contribution in [0.1, 0.15) is 17.4 Å². The first-order valence-corrected chi connectivity index (χ1v) is 5.58. The summed E-state index contributed by atoms with van der Waals surface area (Å²) in [5, 5.41) is 15.8. The topological polar surface area (TPSA) is 97.5 Å². The van der Waals surface area contributed by atoms with E-state index in [1.165, 1.54) is 10.9 Å². The molecule has 1 aromatic heterocycles. The molecule has 0 aromatic carbocycles. The van der Waals surface area contributed by atoms with E-state index in [2.05, 4.69) is 10.3 Å². The molecule has 1 unspecified atom stereocenters. The van der Waals surface area contributed by atoms with Gasteiger partial charge in [-0.1, -0.05) is 5.21 Å². The van der Waals surface area contributed by atoms with Crippen molar-refractivity contribution in [2.75, 3.05) is 19.8 Å². The molecule has 1 aliphatic rings. The predicted octanol–water partition coefficient (Wildman–Crippen LogP) is -0.776. The zero-order chi connectivity index (χ0) is 13.1. The lowest BCUT2D eigenvalue weighted by Gasteiger charge is -2.33. The SMILES string of the molecule is CC1COCCN1C(=O)Cn1cc(C(=O)O)nn1. The van der Waals surface area contributed by atoms with Crippen molar-refractivity contribution in [1.82, 2.24) is 19.9 Å². The van der Waals surface area contributed by atoms with E-state index in [1.807, 2.05) is 6.92 Å². The van der Waals surface area contributed by atoms with Gasteiger partial charge in [0.05, 0.1) is 25.5 Å². The van der Waals surface area contributed by atoms with Crippen LogP contribution in [0.3, 0.4) is 0 Å². The van der Waals surface area contributed by atoms with Gasteiger partial charge in [0.25, 0.3) is 0 Å². The Morgan fingerprint density at radius 1 is 1.61 bits per heavy atom. The Hall–Kier alpha value is -1.96. The third-order valence-electron chi connectivity index (χ3n) is 2.74. The van der Waals surface area contributed by atoms with Crippen molar-refractivity contribution in [2.45, 2.75) is 19.5 Å². The summed E-state index contributed by atoms with van der Waals surface area (Å²) in [5.74, 6) is -1.28. The Morgan fingerprint density at radius 2 is 2.39 bits per heavy atom. The predicted molar refractivity (Wildman–Crippen MR) is 59.0 cm³/mol. The summed E-state index contributed by atoms with van der Waals surface area (Å²) in [7, 11) is 0. The van der Waals surface area contributed by atoms with Crippen LogP contribution in [0.4, 0.5) is 0 Å². The monoisotopic (exact) mass is 254 g/mol. The number of carbonyl (C=O) groups is 2. The molecule has 0 saturated carbocycles. The standard InChI is InChI=1S/C10H14N4O4/c1-7-6-18-3-2-14(7)9(15)5-13-4-8(10(16)17)11-12-13/h4,7H,2-3,5-6H2,1H3,(H,16,17). The van der Waals surface area contributed by atoms with E-state index < -0.39 is 5.97 Å². The van der Waals surface area contributed by atoms with Gasteiger partial charge in [0.2, 0.25) is 5.91 Å². The van der Waals surface area contributed by atoms with Crippen molar-refractivity contribution >= 4 is 11.9 Å². The van der Waals surface area contributed by atoms with Gasteiger partial charge < -0.3 is 14.7 Å². The molecule has 18 heavy (non-hydrogen) atoms. The van der Waals surface area contributed by atoms with E-state index >= 15 is 0 Å². The van der Waals surface area contributed by atoms with Crippen LogP contribution in [-0.2, 0) is 16.1 Å². The first-order valence-electron chi connectivity index (χ1n) is 5.58. The summed E-state index contributed by atoms with van der Waals surface area (Å²) >= 11 is 0. The lowest BCUT2D eigenvalue weighted by molar-refractivity contribution is -0.139. The van der Waals surface area contributed by atoms with E-state index in [0.717, 1.165) is 0 Å². The van der Waals surface area contributed by atoms with Gasteiger partial charge in [0, 0.05) is 6.54 Å². The van der Waals surface area contributed by atoms with Crippen molar-refractivity contribution in [2.24, 2.45) is 0 Å². The highest BCUT2D eigenvalue weighted by Gasteiger charge is 2.24. The quantitative estimate of drug-likeness (QED) is 0.760. The number of hydrogen-bond acceptors (Lipinski definition) is 5. The smallest absolute Gasteiger partial charge is 0.358 e. The summed E-state index contributed by atoms with van der Waals surface area (Å²) in [6.45, 7) is 3.48. The minimum absolute atomic E-state index is 0.00931. The number of carboxylic acids is 1. The number of ether oxygens (including phenoxy) is 1. The Morgan fingerprint density at radius 3 is 3.00 bits per heavy atom. The Labute approximate surface area is 103 Å². The van der Waals surface area contributed by atoms with Gasteiger partial charge in [-0.25, -0.2) is 9.48 Å². The van der Waals surface area contributed by atoms with Gasteiger partial charge in [0.1, 0.15) is 6.54 Å². The van der Waals surface area contributed by atoms with Gasteiger partial charge in [-0.2, -0.15) is 0 Å².